The second-order valence-electron chi connectivity index (χ2n) is 3.89. The molecule has 0 aromatic carbocycles. The third-order valence-electron chi connectivity index (χ3n) is 2.21. The number of methoxy groups -OCH3 is 1. The molecular formula is C11H20N6O2. The smallest absolute Gasteiger partial charge is 0.322 e. The van der Waals surface area contributed by atoms with Gasteiger partial charge in [0.1, 0.15) is 0 Å². The zero-order chi connectivity index (χ0) is 14.1. The Morgan fingerprint density at radius 2 is 1.84 bits per heavy atom. The summed E-state index contributed by atoms with van der Waals surface area (Å²) in [4.78, 5) is 22.9. The van der Waals surface area contributed by atoms with E-state index in [-0.39, 0.29) is 11.9 Å². The number of nitrogens with two attached hydrogens (primary N) is 1. The SMILES string of the molecule is CCCNc1nc(NCCCC(N)=O)nc(OC)n1. The lowest BCUT2D eigenvalue weighted by molar-refractivity contribution is -0.118. The van der Waals surface area contributed by atoms with Crippen molar-refractivity contribution >= 4 is 17.8 Å². The molecule has 1 amide bonds. The molecule has 0 radical (unpaired) electrons. The molecule has 0 aliphatic carbocycles. The van der Waals surface area contributed by atoms with Gasteiger partial charge in [0.05, 0.1) is 7.11 Å². The standard InChI is InChI=1S/C11H20N6O2/c1-3-6-13-9-15-10(17-11(16-9)19-2)14-7-4-5-8(12)18/h3-7H2,1-2H3,(H2,12,18)(H2,13,14,15,16,17). The summed E-state index contributed by atoms with van der Waals surface area (Å²) in [6.45, 7) is 3.38. The summed E-state index contributed by atoms with van der Waals surface area (Å²) >= 11 is 0. The van der Waals surface area contributed by atoms with Crippen LogP contribution in [0.25, 0.3) is 0 Å². The minimum atomic E-state index is -0.319. The van der Waals surface area contributed by atoms with Crippen LogP contribution in [0.2, 0.25) is 0 Å². The number of ether oxygens (including phenoxy) is 1. The number of nitrogens with one attached hydrogen (secondary N) is 2. The predicted molar refractivity (Wildman–Crippen MR) is 72.1 cm³/mol. The van der Waals surface area contributed by atoms with Crippen LogP contribution < -0.4 is 21.1 Å². The molecule has 4 N–H and O–H groups in total. The van der Waals surface area contributed by atoms with Crippen LogP contribution in [0.3, 0.4) is 0 Å². The van der Waals surface area contributed by atoms with E-state index < -0.39 is 0 Å². The molecule has 0 spiro atoms. The molecule has 0 unspecified atom stereocenters. The van der Waals surface area contributed by atoms with Crippen molar-refractivity contribution in [3.05, 3.63) is 0 Å². The van der Waals surface area contributed by atoms with Crippen molar-refractivity contribution in [1.82, 2.24) is 15.0 Å². The van der Waals surface area contributed by atoms with Crippen LogP contribution in [-0.2, 0) is 4.79 Å². The van der Waals surface area contributed by atoms with Crippen LogP contribution in [0.4, 0.5) is 11.9 Å². The fourth-order valence-electron chi connectivity index (χ4n) is 1.31. The summed E-state index contributed by atoms with van der Waals surface area (Å²) in [5.41, 5.74) is 5.06. The van der Waals surface area contributed by atoms with Crippen molar-refractivity contribution < 1.29 is 9.53 Å². The second kappa shape index (κ2) is 8.06. The molecule has 8 heteroatoms. The van der Waals surface area contributed by atoms with Crippen molar-refractivity contribution in [1.29, 1.82) is 0 Å². The average Bonchev–Trinajstić information content (AvgIpc) is 2.41. The number of amides is 1. The largest absolute Gasteiger partial charge is 0.467 e. The van der Waals surface area contributed by atoms with Crippen LogP contribution in [-0.4, -0.2) is 41.1 Å². The van der Waals surface area contributed by atoms with Gasteiger partial charge in [-0.2, -0.15) is 15.0 Å². The number of anilines is 2. The Kier molecular flexibility index (Phi) is 6.34. The number of nitrogens with zero attached hydrogens (tertiary/aromatic N) is 3. The third kappa shape index (κ3) is 5.84. The molecular weight excluding hydrogens is 248 g/mol. The monoisotopic (exact) mass is 268 g/mol. The van der Waals surface area contributed by atoms with E-state index in [1.54, 1.807) is 0 Å². The van der Waals surface area contributed by atoms with E-state index >= 15 is 0 Å². The van der Waals surface area contributed by atoms with Crippen molar-refractivity contribution in [3.63, 3.8) is 0 Å². The number of hydrogen-bond acceptors (Lipinski definition) is 7. The zero-order valence-electron chi connectivity index (χ0n) is 11.3. The molecule has 1 aromatic heterocycles. The van der Waals surface area contributed by atoms with Crippen molar-refractivity contribution in [2.45, 2.75) is 26.2 Å². The van der Waals surface area contributed by atoms with Crippen molar-refractivity contribution in [3.8, 4) is 6.01 Å². The van der Waals surface area contributed by atoms with Gasteiger partial charge >= 0.3 is 6.01 Å². The van der Waals surface area contributed by atoms with Crippen LogP contribution in [0, 0.1) is 0 Å². The van der Waals surface area contributed by atoms with Crippen LogP contribution in [0.5, 0.6) is 6.01 Å². The molecule has 1 aromatic rings. The molecule has 1 heterocycles. The molecule has 0 saturated carbocycles. The van der Waals surface area contributed by atoms with Gasteiger partial charge in [-0.3, -0.25) is 4.79 Å². The minimum absolute atomic E-state index is 0.242. The van der Waals surface area contributed by atoms with E-state index in [1.807, 2.05) is 0 Å². The lowest BCUT2D eigenvalue weighted by Crippen LogP contribution is -2.14. The molecule has 8 nitrogen and oxygen atoms in total. The summed E-state index contributed by atoms with van der Waals surface area (Å²) in [5, 5.41) is 6.06. The average molecular weight is 268 g/mol. The Balaban J connectivity index is 2.57. The molecule has 19 heavy (non-hydrogen) atoms. The molecule has 0 saturated heterocycles. The maximum absolute atomic E-state index is 10.6. The minimum Gasteiger partial charge on any atom is -0.467 e. The van der Waals surface area contributed by atoms with Gasteiger partial charge in [-0.1, -0.05) is 6.92 Å². The highest BCUT2D eigenvalue weighted by Gasteiger charge is 2.06. The first-order valence-corrected chi connectivity index (χ1v) is 6.21. The number of rotatable bonds is 9. The van der Waals surface area contributed by atoms with Gasteiger partial charge in [0.25, 0.3) is 0 Å². The summed E-state index contributed by atoms with van der Waals surface area (Å²) < 4.78 is 5.00. The van der Waals surface area contributed by atoms with E-state index in [2.05, 4.69) is 32.5 Å². The van der Waals surface area contributed by atoms with E-state index in [0.29, 0.717) is 31.3 Å². The van der Waals surface area contributed by atoms with Crippen molar-refractivity contribution in [2.24, 2.45) is 5.73 Å². The van der Waals surface area contributed by atoms with E-state index in [9.17, 15) is 4.79 Å². The maximum atomic E-state index is 10.6. The number of hydrogen-bond donors (Lipinski definition) is 3. The summed E-state index contributed by atoms with van der Waals surface area (Å²) in [6, 6.07) is 0.242. The van der Waals surface area contributed by atoms with Gasteiger partial charge < -0.3 is 21.1 Å². The lowest BCUT2D eigenvalue weighted by atomic mass is 10.3. The summed E-state index contributed by atoms with van der Waals surface area (Å²) in [6.07, 6.45) is 1.92. The van der Waals surface area contributed by atoms with E-state index in [1.165, 1.54) is 7.11 Å². The Morgan fingerprint density at radius 3 is 2.37 bits per heavy atom. The lowest BCUT2D eigenvalue weighted by Gasteiger charge is -2.08. The third-order valence-corrected chi connectivity index (χ3v) is 2.21. The van der Waals surface area contributed by atoms with Crippen LogP contribution in [0.15, 0.2) is 0 Å². The Bertz CT molecular complexity index is 412. The Labute approximate surface area is 112 Å². The van der Waals surface area contributed by atoms with Crippen molar-refractivity contribution in [2.75, 3.05) is 30.8 Å². The predicted octanol–water partition coefficient (Wildman–Crippen LogP) is 0.380. The van der Waals surface area contributed by atoms with Crippen LogP contribution >= 0.6 is 0 Å². The van der Waals surface area contributed by atoms with E-state index in [4.69, 9.17) is 10.5 Å². The summed E-state index contributed by atoms with van der Waals surface area (Å²) in [7, 11) is 1.50. The van der Waals surface area contributed by atoms with Gasteiger partial charge in [0.15, 0.2) is 0 Å². The summed E-state index contributed by atoms with van der Waals surface area (Å²) in [5.74, 6) is 0.557. The van der Waals surface area contributed by atoms with Gasteiger partial charge in [-0.15, -0.1) is 0 Å². The second-order valence-corrected chi connectivity index (χ2v) is 3.89. The van der Waals surface area contributed by atoms with Gasteiger partial charge in [0, 0.05) is 19.5 Å². The normalized spacial score (nSPS) is 10.0. The molecule has 1 rings (SSSR count). The fourth-order valence-corrected chi connectivity index (χ4v) is 1.31. The highest BCUT2D eigenvalue weighted by molar-refractivity contribution is 5.73. The molecule has 0 fully saturated rings. The number of aromatic nitrogens is 3. The highest BCUT2D eigenvalue weighted by Crippen LogP contribution is 2.10. The first-order valence-electron chi connectivity index (χ1n) is 6.21. The molecule has 106 valence electrons. The quantitative estimate of drug-likeness (QED) is 0.554. The first kappa shape index (κ1) is 14.9. The van der Waals surface area contributed by atoms with Gasteiger partial charge in [0.2, 0.25) is 17.8 Å². The molecule has 0 bridgehead atoms. The maximum Gasteiger partial charge on any atom is 0.322 e. The van der Waals surface area contributed by atoms with Gasteiger partial charge in [-0.25, -0.2) is 0 Å². The van der Waals surface area contributed by atoms with Gasteiger partial charge in [-0.05, 0) is 12.8 Å². The van der Waals surface area contributed by atoms with Crippen LogP contribution in [0.1, 0.15) is 26.2 Å². The zero-order valence-corrected chi connectivity index (χ0v) is 11.3. The molecule has 0 aliphatic heterocycles. The number of carbonyl (C=O) groups excluding carboxylic acids is 1. The first-order chi connectivity index (χ1) is 9.15. The highest BCUT2D eigenvalue weighted by atomic mass is 16.5. The Hall–Kier alpha value is -2.12. The van der Waals surface area contributed by atoms with E-state index in [0.717, 1.165) is 13.0 Å². The number of primary amides is 1. The molecule has 0 aliphatic rings. The number of carbonyl (C=O) groups is 1. The topological polar surface area (TPSA) is 115 Å². The Morgan fingerprint density at radius 1 is 1.21 bits per heavy atom. The molecule has 0 atom stereocenters. The fraction of sp³-hybridized carbons (Fsp3) is 0.636.